The number of halogens is 2. The number of hydrogen-bond donors (Lipinski definition) is 1. The second-order valence-corrected chi connectivity index (χ2v) is 6.70. The number of anilines is 1. The van der Waals surface area contributed by atoms with Gasteiger partial charge >= 0.3 is 0 Å². The van der Waals surface area contributed by atoms with Crippen molar-refractivity contribution < 1.29 is 17.5 Å². The molecule has 0 aliphatic heterocycles. The highest BCUT2D eigenvalue weighted by molar-refractivity contribution is 9.10. The Balaban J connectivity index is 2.39. The molecule has 0 radical (unpaired) electrons. The summed E-state index contributed by atoms with van der Waals surface area (Å²) in [5.74, 6) is -0.175. The maximum Gasteiger partial charge on any atom is 0.265 e. The van der Waals surface area contributed by atoms with Crippen LogP contribution in [0.15, 0.2) is 51.8 Å². The van der Waals surface area contributed by atoms with Crippen LogP contribution in [0.2, 0.25) is 0 Å². The third-order valence-electron chi connectivity index (χ3n) is 2.59. The third kappa shape index (κ3) is 3.95. The van der Waals surface area contributed by atoms with E-state index in [-0.39, 0.29) is 16.3 Å². The van der Waals surface area contributed by atoms with Gasteiger partial charge in [-0.1, -0.05) is 15.9 Å². The van der Waals surface area contributed by atoms with Gasteiger partial charge in [-0.15, -0.1) is 0 Å². The van der Waals surface area contributed by atoms with Gasteiger partial charge < -0.3 is 4.74 Å². The van der Waals surface area contributed by atoms with Crippen molar-refractivity contribution in [2.24, 2.45) is 0 Å². The smallest absolute Gasteiger partial charge is 0.265 e. The zero-order valence-corrected chi connectivity index (χ0v) is 13.5. The van der Waals surface area contributed by atoms with Gasteiger partial charge in [-0.25, -0.2) is 12.8 Å². The predicted molar refractivity (Wildman–Crippen MR) is 82.5 cm³/mol. The lowest BCUT2D eigenvalue weighted by molar-refractivity contribution is 0.331. The average molecular weight is 374 g/mol. The van der Waals surface area contributed by atoms with Gasteiger partial charge in [0.15, 0.2) is 0 Å². The molecule has 0 aliphatic carbocycles. The minimum atomic E-state index is -3.83. The molecule has 0 saturated heterocycles. The van der Waals surface area contributed by atoms with Crippen LogP contribution in [-0.4, -0.2) is 15.0 Å². The van der Waals surface area contributed by atoms with E-state index in [1.165, 1.54) is 30.3 Å². The average Bonchev–Trinajstić information content (AvgIpc) is 2.43. The first-order chi connectivity index (χ1) is 9.92. The number of nitrogens with one attached hydrogen (secondary N) is 1. The Morgan fingerprint density at radius 3 is 2.48 bits per heavy atom. The Morgan fingerprint density at radius 1 is 1.19 bits per heavy atom. The largest absolute Gasteiger partial charge is 0.492 e. The van der Waals surface area contributed by atoms with Crippen LogP contribution in [0, 0.1) is 5.82 Å². The number of benzene rings is 2. The Kier molecular flexibility index (Phi) is 4.84. The Bertz CT molecular complexity index is 732. The molecule has 2 aromatic carbocycles. The van der Waals surface area contributed by atoms with Crippen LogP contribution >= 0.6 is 15.9 Å². The van der Waals surface area contributed by atoms with Crippen LogP contribution in [0.4, 0.5) is 10.1 Å². The Morgan fingerprint density at radius 2 is 1.86 bits per heavy atom. The highest BCUT2D eigenvalue weighted by Gasteiger charge is 2.20. The van der Waals surface area contributed by atoms with Crippen LogP contribution in [0.5, 0.6) is 5.75 Å². The Hall–Kier alpha value is -1.60. The van der Waals surface area contributed by atoms with Gasteiger partial charge in [-0.05, 0) is 49.4 Å². The summed E-state index contributed by atoms with van der Waals surface area (Å²) in [7, 11) is -3.83. The van der Waals surface area contributed by atoms with E-state index in [2.05, 4.69) is 20.7 Å². The summed E-state index contributed by atoms with van der Waals surface area (Å²) in [5, 5.41) is 0. The highest BCUT2D eigenvalue weighted by Crippen LogP contribution is 2.29. The van der Waals surface area contributed by atoms with Gasteiger partial charge in [0.05, 0.1) is 6.61 Å². The first kappa shape index (κ1) is 15.8. The van der Waals surface area contributed by atoms with Crippen molar-refractivity contribution in [1.29, 1.82) is 0 Å². The first-order valence-corrected chi connectivity index (χ1v) is 8.41. The summed E-state index contributed by atoms with van der Waals surface area (Å²) in [5.41, 5.74) is 0.277. The van der Waals surface area contributed by atoms with Gasteiger partial charge in [0.1, 0.15) is 16.5 Å². The van der Waals surface area contributed by atoms with Crippen molar-refractivity contribution in [3.05, 3.63) is 52.8 Å². The Labute approximate surface area is 131 Å². The topological polar surface area (TPSA) is 55.4 Å². The molecular weight excluding hydrogens is 361 g/mol. The third-order valence-corrected chi connectivity index (χ3v) is 4.49. The van der Waals surface area contributed by atoms with E-state index in [0.29, 0.717) is 11.1 Å². The molecule has 7 heteroatoms. The molecule has 0 saturated carbocycles. The number of rotatable bonds is 5. The molecule has 2 aromatic rings. The molecule has 0 aliphatic rings. The summed E-state index contributed by atoms with van der Waals surface area (Å²) in [6.45, 7) is 2.12. The quantitative estimate of drug-likeness (QED) is 0.867. The number of sulfonamides is 1. The number of ether oxygens (including phenoxy) is 1. The second kappa shape index (κ2) is 6.44. The maximum absolute atomic E-state index is 12.9. The lowest BCUT2D eigenvalue weighted by Gasteiger charge is -2.13. The van der Waals surface area contributed by atoms with Crippen molar-refractivity contribution in [2.75, 3.05) is 11.3 Å². The monoisotopic (exact) mass is 373 g/mol. The lowest BCUT2D eigenvalue weighted by Crippen LogP contribution is -2.14. The molecule has 0 fully saturated rings. The van der Waals surface area contributed by atoms with Gasteiger partial charge in [0.2, 0.25) is 0 Å². The fourth-order valence-electron chi connectivity index (χ4n) is 1.69. The molecule has 4 nitrogen and oxygen atoms in total. The molecule has 0 aromatic heterocycles. The number of hydrogen-bond acceptors (Lipinski definition) is 3. The van der Waals surface area contributed by atoms with Crippen LogP contribution in [-0.2, 0) is 10.0 Å². The lowest BCUT2D eigenvalue weighted by atomic mass is 10.3. The minimum Gasteiger partial charge on any atom is -0.492 e. The standard InChI is InChI=1S/C14H13BrFNO3S/c1-2-20-13-8-3-10(15)9-14(13)21(18,19)17-12-6-4-11(16)5-7-12/h3-9,17H,2H2,1H3. The first-order valence-electron chi connectivity index (χ1n) is 6.13. The van der Waals surface area contributed by atoms with E-state index in [4.69, 9.17) is 4.74 Å². The van der Waals surface area contributed by atoms with Crippen LogP contribution < -0.4 is 9.46 Å². The molecule has 0 heterocycles. The second-order valence-electron chi connectivity index (χ2n) is 4.14. The van der Waals surface area contributed by atoms with Crippen LogP contribution in [0.3, 0.4) is 0 Å². The summed E-state index contributed by atoms with van der Waals surface area (Å²) in [6.07, 6.45) is 0. The van der Waals surface area contributed by atoms with Crippen LogP contribution in [0.25, 0.3) is 0 Å². The van der Waals surface area contributed by atoms with E-state index in [1.807, 2.05) is 0 Å². The molecule has 1 N–H and O–H groups in total. The molecule has 0 bridgehead atoms. The highest BCUT2D eigenvalue weighted by atomic mass is 79.9. The fraction of sp³-hybridized carbons (Fsp3) is 0.143. The molecule has 0 amide bonds. The summed E-state index contributed by atoms with van der Waals surface area (Å²) in [6, 6.07) is 9.80. The van der Waals surface area contributed by atoms with Crippen molar-refractivity contribution in [1.82, 2.24) is 0 Å². The van der Waals surface area contributed by atoms with Gasteiger partial charge in [0.25, 0.3) is 10.0 Å². The summed E-state index contributed by atoms with van der Waals surface area (Å²) in [4.78, 5) is 0.0167. The molecule has 112 valence electrons. The molecule has 0 atom stereocenters. The van der Waals surface area contributed by atoms with Gasteiger partial charge in [0, 0.05) is 10.2 Å². The molecule has 21 heavy (non-hydrogen) atoms. The van der Waals surface area contributed by atoms with E-state index in [9.17, 15) is 12.8 Å². The van der Waals surface area contributed by atoms with Crippen molar-refractivity contribution in [3.63, 3.8) is 0 Å². The van der Waals surface area contributed by atoms with Gasteiger partial charge in [-0.3, -0.25) is 4.72 Å². The van der Waals surface area contributed by atoms with E-state index in [1.54, 1.807) is 19.1 Å². The molecule has 0 spiro atoms. The van der Waals surface area contributed by atoms with Gasteiger partial charge in [-0.2, -0.15) is 0 Å². The van der Waals surface area contributed by atoms with Crippen LogP contribution in [0.1, 0.15) is 6.92 Å². The molecule has 2 rings (SSSR count). The predicted octanol–water partition coefficient (Wildman–Crippen LogP) is 3.79. The van der Waals surface area contributed by atoms with E-state index >= 15 is 0 Å². The zero-order chi connectivity index (χ0) is 15.5. The SMILES string of the molecule is CCOc1ccc(Br)cc1S(=O)(=O)Nc1ccc(F)cc1. The van der Waals surface area contributed by atoms with E-state index < -0.39 is 15.8 Å². The zero-order valence-electron chi connectivity index (χ0n) is 11.1. The van der Waals surface area contributed by atoms with Crippen molar-refractivity contribution in [3.8, 4) is 5.75 Å². The maximum atomic E-state index is 12.9. The van der Waals surface area contributed by atoms with Crippen molar-refractivity contribution in [2.45, 2.75) is 11.8 Å². The van der Waals surface area contributed by atoms with Crippen molar-refractivity contribution >= 4 is 31.6 Å². The molecule has 0 unspecified atom stereocenters. The summed E-state index contributed by atoms with van der Waals surface area (Å²) < 4.78 is 46.1. The summed E-state index contributed by atoms with van der Waals surface area (Å²) >= 11 is 3.24. The molecular formula is C14H13BrFNO3S. The van der Waals surface area contributed by atoms with E-state index in [0.717, 1.165) is 0 Å². The fourth-order valence-corrected chi connectivity index (χ4v) is 3.44. The minimum absolute atomic E-state index is 0.0167. The normalized spacial score (nSPS) is 11.2.